The molecule has 1 aliphatic rings. The van der Waals surface area contributed by atoms with E-state index < -0.39 is 7.26 Å². The zero-order chi connectivity index (χ0) is 20.9. The third kappa shape index (κ3) is 3.92. The van der Waals surface area contributed by atoms with Crippen LogP contribution in [0.2, 0.25) is 0 Å². The second-order valence-corrected chi connectivity index (χ2v) is 11.3. The molecule has 2 nitrogen and oxygen atoms in total. The van der Waals surface area contributed by atoms with Crippen molar-refractivity contribution in [1.29, 1.82) is 0 Å². The lowest BCUT2D eigenvalue weighted by atomic mass is 10.2. The third-order valence-electron chi connectivity index (χ3n) is 5.81. The third-order valence-corrected chi connectivity index (χ3v) is 10.3. The summed E-state index contributed by atoms with van der Waals surface area (Å²) < 4.78 is 6.07. The van der Waals surface area contributed by atoms with Crippen molar-refractivity contribution in [3.8, 4) is 0 Å². The van der Waals surface area contributed by atoms with E-state index in [0.29, 0.717) is 6.61 Å². The number of hydrogen-bond acceptors (Lipinski definition) is 2. The molecule has 0 radical (unpaired) electrons. The maximum Gasteiger partial charge on any atom is 0.216 e. The minimum Gasteiger partial charge on any atom is -0.475 e. The fourth-order valence-electron chi connectivity index (χ4n) is 4.37. The van der Waals surface area contributed by atoms with Gasteiger partial charge in [-0.1, -0.05) is 72.8 Å². The van der Waals surface area contributed by atoms with E-state index in [4.69, 9.17) is 9.73 Å². The highest BCUT2D eigenvalue weighted by Crippen LogP contribution is 2.56. The van der Waals surface area contributed by atoms with Gasteiger partial charge in [-0.25, -0.2) is 4.99 Å². The van der Waals surface area contributed by atoms with Gasteiger partial charge in [-0.05, 0) is 48.5 Å². The molecule has 0 saturated heterocycles. The second-order valence-electron chi connectivity index (χ2n) is 7.76. The Kier molecular flexibility index (Phi) is 5.65. The molecule has 1 aliphatic heterocycles. The molecule has 0 aromatic heterocycles. The second kappa shape index (κ2) is 8.88. The first-order chi connectivity index (χ1) is 15.4. The molecule has 0 amide bonds. The summed E-state index contributed by atoms with van der Waals surface area (Å²) in [5.74, 6) is 0.762. The van der Waals surface area contributed by atoms with E-state index in [1.807, 2.05) is 18.2 Å². The first-order valence-electron chi connectivity index (χ1n) is 10.7. The molecule has 1 heterocycles. The molecule has 0 fully saturated rings. The lowest BCUT2D eigenvalue weighted by Crippen LogP contribution is -2.37. The SMILES string of the molecule is c1ccc(C2=N[C@@H](C[P+](c3ccccc3)(c3ccccc3)c3ccccc3)CO2)cc1. The van der Waals surface area contributed by atoms with Crippen molar-refractivity contribution in [1.82, 2.24) is 0 Å². The van der Waals surface area contributed by atoms with Gasteiger partial charge in [0.1, 0.15) is 35.8 Å². The van der Waals surface area contributed by atoms with E-state index in [-0.39, 0.29) is 6.04 Å². The molecule has 0 aliphatic carbocycles. The van der Waals surface area contributed by atoms with Gasteiger partial charge in [0.2, 0.25) is 5.90 Å². The van der Waals surface area contributed by atoms with Crippen LogP contribution in [-0.2, 0) is 4.74 Å². The van der Waals surface area contributed by atoms with Gasteiger partial charge < -0.3 is 4.74 Å². The molecule has 4 aromatic carbocycles. The average molecular weight is 422 g/mol. The average Bonchev–Trinajstić information content (AvgIpc) is 3.33. The summed E-state index contributed by atoms with van der Waals surface area (Å²) in [6, 6.07) is 43.2. The zero-order valence-electron chi connectivity index (χ0n) is 17.3. The summed E-state index contributed by atoms with van der Waals surface area (Å²) in [5.41, 5.74) is 1.05. The predicted octanol–water partition coefficient (Wildman–Crippen LogP) is 4.83. The summed E-state index contributed by atoms with van der Waals surface area (Å²) in [5, 5.41) is 4.15. The lowest BCUT2D eigenvalue weighted by Gasteiger charge is -2.28. The Hall–Kier alpha value is -3.22. The van der Waals surface area contributed by atoms with Crippen LogP contribution in [-0.4, -0.2) is 24.7 Å². The van der Waals surface area contributed by atoms with Crippen LogP contribution < -0.4 is 15.9 Å². The van der Waals surface area contributed by atoms with Gasteiger partial charge in [-0.2, -0.15) is 0 Å². The normalized spacial score (nSPS) is 15.9. The van der Waals surface area contributed by atoms with Crippen LogP contribution in [0.3, 0.4) is 0 Å². The number of rotatable bonds is 6. The Morgan fingerprint density at radius 3 is 1.48 bits per heavy atom. The Morgan fingerprint density at radius 1 is 0.613 bits per heavy atom. The minimum absolute atomic E-state index is 0.115. The molecule has 3 heteroatoms. The number of benzene rings is 4. The fraction of sp³-hybridized carbons (Fsp3) is 0.107. The fourth-order valence-corrected chi connectivity index (χ4v) is 8.76. The summed E-state index contributed by atoms with van der Waals surface area (Å²) in [6.45, 7) is 0.623. The Balaban J connectivity index is 1.63. The van der Waals surface area contributed by atoms with Gasteiger partial charge in [0.15, 0.2) is 0 Å². The molecule has 0 unspecified atom stereocenters. The Morgan fingerprint density at radius 2 is 1.03 bits per heavy atom. The van der Waals surface area contributed by atoms with Gasteiger partial charge in [0, 0.05) is 5.56 Å². The molecule has 0 bridgehead atoms. The molecule has 0 saturated carbocycles. The van der Waals surface area contributed by atoms with Crippen LogP contribution in [0.5, 0.6) is 0 Å². The highest BCUT2D eigenvalue weighted by Gasteiger charge is 2.48. The van der Waals surface area contributed by atoms with E-state index in [1.54, 1.807) is 0 Å². The molecular weight excluding hydrogens is 397 g/mol. The smallest absolute Gasteiger partial charge is 0.216 e. The molecule has 31 heavy (non-hydrogen) atoms. The van der Waals surface area contributed by atoms with Gasteiger partial charge in [-0.3, -0.25) is 0 Å². The molecular formula is C28H25NOP+. The van der Waals surface area contributed by atoms with Crippen molar-refractivity contribution in [2.45, 2.75) is 6.04 Å². The van der Waals surface area contributed by atoms with Crippen LogP contribution in [0.25, 0.3) is 0 Å². The van der Waals surface area contributed by atoms with E-state index in [9.17, 15) is 0 Å². The van der Waals surface area contributed by atoms with Crippen LogP contribution >= 0.6 is 7.26 Å². The standard InChI is InChI=1S/C28H25NOP/c1-5-13-23(14-6-1)28-29-24(21-30-28)22-31(25-15-7-2-8-16-25,26-17-9-3-10-18-26)27-19-11-4-12-20-27/h1-20,24H,21-22H2/q+1/t24-/m1/s1. The van der Waals surface area contributed by atoms with E-state index in [2.05, 4.69) is 103 Å². The van der Waals surface area contributed by atoms with Crippen molar-refractivity contribution in [2.24, 2.45) is 4.99 Å². The molecule has 5 rings (SSSR count). The molecule has 0 spiro atoms. The van der Waals surface area contributed by atoms with Crippen LogP contribution in [0.1, 0.15) is 5.56 Å². The zero-order valence-corrected chi connectivity index (χ0v) is 18.2. The van der Waals surface area contributed by atoms with Crippen molar-refractivity contribution < 1.29 is 4.74 Å². The maximum absolute atomic E-state index is 6.07. The number of hydrogen-bond donors (Lipinski definition) is 0. The van der Waals surface area contributed by atoms with Crippen molar-refractivity contribution in [2.75, 3.05) is 12.8 Å². The van der Waals surface area contributed by atoms with Crippen LogP contribution in [0.15, 0.2) is 126 Å². The van der Waals surface area contributed by atoms with E-state index >= 15 is 0 Å². The highest BCUT2D eigenvalue weighted by atomic mass is 31.2. The summed E-state index contributed by atoms with van der Waals surface area (Å²) in [7, 11) is -1.91. The quantitative estimate of drug-likeness (QED) is 0.408. The van der Waals surface area contributed by atoms with Gasteiger partial charge in [0.05, 0.1) is 6.16 Å². The first-order valence-corrected chi connectivity index (χ1v) is 12.6. The lowest BCUT2D eigenvalue weighted by molar-refractivity contribution is 0.325. The number of ether oxygens (including phenoxy) is 1. The predicted molar refractivity (Wildman–Crippen MR) is 133 cm³/mol. The molecule has 152 valence electrons. The Bertz CT molecular complexity index is 1050. The maximum atomic E-state index is 6.07. The van der Waals surface area contributed by atoms with Crippen molar-refractivity contribution in [3.05, 3.63) is 127 Å². The summed E-state index contributed by atoms with van der Waals surface area (Å²) in [4.78, 5) is 5.04. The van der Waals surface area contributed by atoms with Gasteiger partial charge in [0.25, 0.3) is 0 Å². The van der Waals surface area contributed by atoms with Crippen LogP contribution in [0, 0.1) is 0 Å². The number of nitrogens with zero attached hydrogens (tertiary/aromatic N) is 1. The Labute approximate surface area is 184 Å². The monoisotopic (exact) mass is 422 g/mol. The van der Waals surface area contributed by atoms with Gasteiger partial charge >= 0.3 is 0 Å². The van der Waals surface area contributed by atoms with Crippen molar-refractivity contribution in [3.63, 3.8) is 0 Å². The largest absolute Gasteiger partial charge is 0.475 e. The first kappa shape index (κ1) is 19.7. The highest BCUT2D eigenvalue weighted by molar-refractivity contribution is 7.95. The van der Waals surface area contributed by atoms with Crippen molar-refractivity contribution >= 4 is 29.1 Å². The molecule has 0 N–H and O–H groups in total. The van der Waals surface area contributed by atoms with E-state index in [0.717, 1.165) is 17.6 Å². The topological polar surface area (TPSA) is 21.6 Å². The summed E-state index contributed by atoms with van der Waals surface area (Å²) in [6.07, 6.45) is 0.946. The minimum atomic E-state index is -1.91. The number of aliphatic imine (C=N–C) groups is 1. The molecule has 1 atom stereocenters. The van der Waals surface area contributed by atoms with Gasteiger partial charge in [-0.15, -0.1) is 0 Å². The van der Waals surface area contributed by atoms with Crippen LogP contribution in [0.4, 0.5) is 0 Å². The van der Waals surface area contributed by atoms with E-state index in [1.165, 1.54) is 15.9 Å². The summed E-state index contributed by atoms with van der Waals surface area (Å²) >= 11 is 0. The molecule has 4 aromatic rings.